The quantitative estimate of drug-likeness (QED) is 0.402. The summed E-state index contributed by atoms with van der Waals surface area (Å²) in [6.45, 7) is 0. The average Bonchev–Trinajstić information content (AvgIpc) is 2.80. The average molecular weight is 419 g/mol. The van der Waals surface area contributed by atoms with Crippen molar-refractivity contribution < 1.29 is 24.2 Å². The molecular weight excluding hydrogens is 398 g/mol. The molecule has 0 heterocycles. The standard InChI is InChI=1S/C23H21N3O5/c1-30-20-12-9-16(13-21(20)31-2)22(28)25-19-6-4-3-5-18(19)23(29)26-24-14-15-7-10-17(27)11-8-15/h3-14,27H,1-2H3,(H,25,28)(H,26,29)/b24-14+. The molecule has 3 N–H and O–H groups in total. The Morgan fingerprint density at radius 2 is 1.61 bits per heavy atom. The van der Waals surface area contributed by atoms with Crippen LogP contribution in [0.5, 0.6) is 17.2 Å². The summed E-state index contributed by atoms with van der Waals surface area (Å²) >= 11 is 0. The normalized spacial score (nSPS) is 10.5. The zero-order chi connectivity index (χ0) is 22.2. The molecule has 8 heteroatoms. The van der Waals surface area contributed by atoms with Crippen LogP contribution in [0.2, 0.25) is 0 Å². The molecule has 0 atom stereocenters. The number of carbonyl (C=O) groups excluding carboxylic acids is 2. The monoisotopic (exact) mass is 419 g/mol. The lowest BCUT2D eigenvalue weighted by molar-refractivity contribution is 0.0956. The molecule has 0 bridgehead atoms. The molecule has 0 aliphatic heterocycles. The summed E-state index contributed by atoms with van der Waals surface area (Å²) in [6.07, 6.45) is 1.45. The second-order valence-corrected chi connectivity index (χ2v) is 6.36. The Hall–Kier alpha value is -4.33. The predicted molar refractivity (Wildman–Crippen MR) is 117 cm³/mol. The molecule has 0 aliphatic carbocycles. The van der Waals surface area contributed by atoms with Crippen LogP contribution >= 0.6 is 0 Å². The molecule has 0 fully saturated rings. The van der Waals surface area contributed by atoms with Crippen LogP contribution < -0.4 is 20.2 Å². The van der Waals surface area contributed by atoms with Crippen LogP contribution in [0.1, 0.15) is 26.3 Å². The largest absolute Gasteiger partial charge is 0.508 e. The summed E-state index contributed by atoms with van der Waals surface area (Å²) in [5.41, 5.74) is 4.06. The van der Waals surface area contributed by atoms with Crippen molar-refractivity contribution in [1.29, 1.82) is 0 Å². The fourth-order valence-electron chi connectivity index (χ4n) is 2.75. The van der Waals surface area contributed by atoms with Crippen LogP contribution in [-0.2, 0) is 0 Å². The first kappa shape index (κ1) is 21.4. The molecule has 3 rings (SSSR count). The van der Waals surface area contributed by atoms with E-state index < -0.39 is 11.8 Å². The lowest BCUT2D eigenvalue weighted by Crippen LogP contribution is -2.21. The minimum Gasteiger partial charge on any atom is -0.508 e. The number of rotatable bonds is 7. The van der Waals surface area contributed by atoms with Gasteiger partial charge < -0.3 is 19.9 Å². The second kappa shape index (κ2) is 9.93. The molecule has 0 saturated heterocycles. The number of hydrazone groups is 1. The number of anilines is 1. The smallest absolute Gasteiger partial charge is 0.273 e. The Morgan fingerprint density at radius 3 is 2.32 bits per heavy atom. The first-order chi connectivity index (χ1) is 15.0. The van der Waals surface area contributed by atoms with E-state index in [9.17, 15) is 14.7 Å². The summed E-state index contributed by atoms with van der Waals surface area (Å²) in [5, 5.41) is 16.0. The molecule has 31 heavy (non-hydrogen) atoms. The molecule has 158 valence electrons. The van der Waals surface area contributed by atoms with E-state index in [4.69, 9.17) is 9.47 Å². The van der Waals surface area contributed by atoms with Crippen molar-refractivity contribution in [3.8, 4) is 17.2 Å². The zero-order valence-corrected chi connectivity index (χ0v) is 17.0. The summed E-state index contributed by atoms with van der Waals surface area (Å²) in [7, 11) is 2.99. The Balaban J connectivity index is 1.73. The third-order valence-electron chi connectivity index (χ3n) is 4.34. The number of benzene rings is 3. The van der Waals surface area contributed by atoms with E-state index in [-0.39, 0.29) is 11.3 Å². The fourth-order valence-corrected chi connectivity index (χ4v) is 2.75. The van der Waals surface area contributed by atoms with Gasteiger partial charge in [0, 0.05) is 5.56 Å². The highest BCUT2D eigenvalue weighted by atomic mass is 16.5. The van der Waals surface area contributed by atoms with E-state index >= 15 is 0 Å². The van der Waals surface area contributed by atoms with E-state index in [1.54, 1.807) is 54.6 Å². The van der Waals surface area contributed by atoms with E-state index in [0.29, 0.717) is 28.3 Å². The molecule has 0 aromatic heterocycles. The van der Waals surface area contributed by atoms with Crippen LogP contribution in [0.25, 0.3) is 0 Å². The molecule has 0 radical (unpaired) electrons. The van der Waals surface area contributed by atoms with Crippen LogP contribution in [-0.4, -0.2) is 37.4 Å². The van der Waals surface area contributed by atoms with E-state index in [1.807, 2.05) is 0 Å². The van der Waals surface area contributed by atoms with Gasteiger partial charge >= 0.3 is 0 Å². The number of phenols is 1. The lowest BCUT2D eigenvalue weighted by atomic mass is 10.1. The minimum atomic E-state index is -0.488. The Morgan fingerprint density at radius 1 is 0.903 bits per heavy atom. The van der Waals surface area contributed by atoms with Gasteiger partial charge in [-0.2, -0.15) is 5.10 Å². The van der Waals surface area contributed by atoms with Crippen LogP contribution in [0, 0.1) is 0 Å². The van der Waals surface area contributed by atoms with Crippen LogP contribution in [0.4, 0.5) is 5.69 Å². The topological polar surface area (TPSA) is 109 Å². The van der Waals surface area contributed by atoms with Gasteiger partial charge in [-0.25, -0.2) is 5.43 Å². The number of nitrogens with one attached hydrogen (secondary N) is 2. The summed E-state index contributed by atoms with van der Waals surface area (Å²) in [4.78, 5) is 25.3. The van der Waals surface area contributed by atoms with Crippen molar-refractivity contribution in [3.63, 3.8) is 0 Å². The number of para-hydroxylation sites is 1. The third kappa shape index (κ3) is 5.39. The van der Waals surface area contributed by atoms with Crippen LogP contribution in [0.3, 0.4) is 0 Å². The number of amides is 2. The van der Waals surface area contributed by atoms with Gasteiger partial charge in [0.25, 0.3) is 11.8 Å². The number of hydrogen-bond donors (Lipinski definition) is 3. The summed E-state index contributed by atoms with van der Waals surface area (Å²) in [6, 6.07) is 17.7. The van der Waals surface area contributed by atoms with Crippen molar-refractivity contribution in [2.24, 2.45) is 5.10 Å². The van der Waals surface area contributed by atoms with Crippen molar-refractivity contribution in [3.05, 3.63) is 83.4 Å². The van der Waals surface area contributed by atoms with Crippen molar-refractivity contribution >= 4 is 23.7 Å². The zero-order valence-electron chi connectivity index (χ0n) is 17.0. The molecule has 8 nitrogen and oxygen atoms in total. The SMILES string of the molecule is COc1ccc(C(=O)Nc2ccccc2C(=O)N/N=C/c2ccc(O)cc2)cc1OC. The number of hydrogen-bond acceptors (Lipinski definition) is 6. The van der Waals surface area contributed by atoms with Gasteiger partial charge in [-0.05, 0) is 60.2 Å². The summed E-state index contributed by atoms with van der Waals surface area (Å²) in [5.74, 6) is 0.169. The maximum Gasteiger partial charge on any atom is 0.273 e. The lowest BCUT2D eigenvalue weighted by Gasteiger charge is -2.12. The van der Waals surface area contributed by atoms with Gasteiger partial charge in [0.05, 0.1) is 31.7 Å². The van der Waals surface area contributed by atoms with Gasteiger partial charge in [0.15, 0.2) is 11.5 Å². The Kier molecular flexibility index (Phi) is 6.85. The number of nitrogens with zero attached hydrogens (tertiary/aromatic N) is 1. The Labute approximate surface area is 179 Å². The molecule has 0 spiro atoms. The molecule has 3 aromatic carbocycles. The number of aromatic hydroxyl groups is 1. The molecule has 0 saturated carbocycles. The first-order valence-electron chi connectivity index (χ1n) is 9.26. The van der Waals surface area contributed by atoms with Gasteiger partial charge in [0.1, 0.15) is 5.75 Å². The maximum atomic E-state index is 12.7. The van der Waals surface area contributed by atoms with Crippen molar-refractivity contribution in [2.45, 2.75) is 0 Å². The first-order valence-corrected chi connectivity index (χ1v) is 9.26. The van der Waals surface area contributed by atoms with E-state index in [1.165, 1.54) is 32.6 Å². The number of carbonyl (C=O) groups is 2. The number of methoxy groups -OCH3 is 2. The van der Waals surface area contributed by atoms with Gasteiger partial charge in [-0.15, -0.1) is 0 Å². The van der Waals surface area contributed by atoms with Gasteiger partial charge in [-0.1, -0.05) is 12.1 Å². The predicted octanol–water partition coefficient (Wildman–Crippen LogP) is 3.43. The molecule has 0 unspecified atom stereocenters. The molecule has 2 amide bonds. The third-order valence-corrected chi connectivity index (χ3v) is 4.34. The highest BCUT2D eigenvalue weighted by Crippen LogP contribution is 2.28. The van der Waals surface area contributed by atoms with Crippen LogP contribution in [0.15, 0.2) is 71.8 Å². The van der Waals surface area contributed by atoms with Crippen molar-refractivity contribution in [1.82, 2.24) is 5.43 Å². The fraction of sp³-hybridized carbons (Fsp3) is 0.0870. The number of ether oxygens (including phenoxy) is 2. The van der Waals surface area contributed by atoms with Crippen molar-refractivity contribution in [2.75, 3.05) is 19.5 Å². The van der Waals surface area contributed by atoms with E-state index in [2.05, 4.69) is 15.8 Å². The Bertz CT molecular complexity index is 1110. The molecule has 0 aliphatic rings. The molecule has 3 aromatic rings. The molecular formula is C23H21N3O5. The number of phenolic OH excluding ortho intramolecular Hbond substituents is 1. The minimum absolute atomic E-state index is 0.139. The summed E-state index contributed by atoms with van der Waals surface area (Å²) < 4.78 is 10.4. The highest BCUT2D eigenvalue weighted by molar-refractivity contribution is 6.09. The highest BCUT2D eigenvalue weighted by Gasteiger charge is 2.15. The maximum absolute atomic E-state index is 12.7. The second-order valence-electron chi connectivity index (χ2n) is 6.36. The van der Waals surface area contributed by atoms with Gasteiger partial charge in [-0.3, -0.25) is 9.59 Å². The van der Waals surface area contributed by atoms with E-state index in [0.717, 1.165) is 0 Å². The van der Waals surface area contributed by atoms with Gasteiger partial charge in [0.2, 0.25) is 0 Å².